The van der Waals surface area contributed by atoms with Crippen molar-refractivity contribution < 1.29 is 9.84 Å². The number of hydrogen-bond acceptors (Lipinski definition) is 7. The summed E-state index contributed by atoms with van der Waals surface area (Å²) in [5.41, 5.74) is 3.18. The highest BCUT2D eigenvalue weighted by atomic mass is 16.5. The van der Waals surface area contributed by atoms with Crippen molar-refractivity contribution in [2.45, 2.75) is 19.4 Å². The number of hydrogen-bond donors (Lipinski definition) is 1. The first kappa shape index (κ1) is 19.2. The highest BCUT2D eigenvalue weighted by Crippen LogP contribution is 2.29. The van der Waals surface area contributed by atoms with Crippen molar-refractivity contribution in [3.8, 4) is 0 Å². The Morgan fingerprint density at radius 2 is 1.90 bits per heavy atom. The van der Waals surface area contributed by atoms with Gasteiger partial charge in [0.25, 0.3) is 0 Å². The number of benzene rings is 1. The van der Waals surface area contributed by atoms with E-state index in [0.29, 0.717) is 19.8 Å². The average Bonchev–Trinajstić information content (AvgIpc) is 3.14. The van der Waals surface area contributed by atoms with Crippen LogP contribution in [0.4, 0.5) is 11.8 Å². The summed E-state index contributed by atoms with van der Waals surface area (Å²) < 4.78 is 5.45. The van der Waals surface area contributed by atoms with Crippen molar-refractivity contribution in [1.82, 2.24) is 15.0 Å². The van der Waals surface area contributed by atoms with Crippen molar-refractivity contribution >= 4 is 22.7 Å². The minimum absolute atomic E-state index is 0.151. The van der Waals surface area contributed by atoms with Crippen LogP contribution in [0.2, 0.25) is 0 Å². The van der Waals surface area contributed by atoms with E-state index in [1.165, 1.54) is 5.56 Å². The molecule has 2 saturated heterocycles. The Labute approximate surface area is 176 Å². The molecule has 2 aliphatic rings. The van der Waals surface area contributed by atoms with E-state index in [1.807, 2.05) is 37.4 Å². The van der Waals surface area contributed by atoms with Gasteiger partial charge in [0.15, 0.2) is 0 Å². The SMILES string of the molecule is Cc1cc(N2CC(O)C(Cc3ccnc4ccccc34)C2)nc(N2CCOCC2)n1. The molecule has 1 N–H and O–H groups in total. The van der Waals surface area contributed by atoms with Gasteiger partial charge in [0, 0.05) is 55.4 Å². The van der Waals surface area contributed by atoms with Gasteiger partial charge in [-0.25, -0.2) is 4.98 Å². The molecule has 30 heavy (non-hydrogen) atoms. The maximum atomic E-state index is 10.8. The maximum Gasteiger partial charge on any atom is 0.227 e. The third-order valence-corrected chi connectivity index (χ3v) is 6.07. The van der Waals surface area contributed by atoms with Gasteiger partial charge in [-0.05, 0) is 31.0 Å². The molecule has 2 aliphatic heterocycles. The van der Waals surface area contributed by atoms with Crippen molar-refractivity contribution in [2.24, 2.45) is 5.92 Å². The molecule has 4 heterocycles. The van der Waals surface area contributed by atoms with E-state index in [-0.39, 0.29) is 12.0 Å². The number of aryl methyl sites for hydroxylation is 1. The molecule has 0 radical (unpaired) electrons. The predicted octanol–water partition coefficient (Wildman–Crippen LogP) is 2.21. The van der Waals surface area contributed by atoms with E-state index < -0.39 is 0 Å². The zero-order chi connectivity index (χ0) is 20.5. The van der Waals surface area contributed by atoms with Crippen LogP contribution in [0.15, 0.2) is 42.6 Å². The first-order valence-electron chi connectivity index (χ1n) is 10.6. The second kappa shape index (κ2) is 8.16. The second-order valence-corrected chi connectivity index (χ2v) is 8.19. The molecule has 156 valence electrons. The highest BCUT2D eigenvalue weighted by molar-refractivity contribution is 5.81. The van der Waals surface area contributed by atoms with Gasteiger partial charge in [-0.1, -0.05) is 18.2 Å². The fourth-order valence-electron chi connectivity index (χ4n) is 4.46. The van der Waals surface area contributed by atoms with Crippen LogP contribution in [0.5, 0.6) is 0 Å². The van der Waals surface area contributed by atoms with Crippen molar-refractivity contribution in [1.29, 1.82) is 0 Å². The number of ether oxygens (including phenoxy) is 1. The number of anilines is 2. The van der Waals surface area contributed by atoms with Crippen LogP contribution < -0.4 is 9.80 Å². The molecule has 7 nitrogen and oxygen atoms in total. The van der Waals surface area contributed by atoms with Gasteiger partial charge in [-0.2, -0.15) is 4.98 Å². The number of rotatable bonds is 4. The number of para-hydroxylation sites is 1. The number of pyridine rings is 1. The molecular formula is C23H27N5O2. The van der Waals surface area contributed by atoms with Gasteiger partial charge < -0.3 is 19.6 Å². The van der Waals surface area contributed by atoms with E-state index in [4.69, 9.17) is 9.72 Å². The van der Waals surface area contributed by atoms with E-state index in [9.17, 15) is 5.11 Å². The van der Waals surface area contributed by atoms with Crippen LogP contribution >= 0.6 is 0 Å². The van der Waals surface area contributed by atoms with Crippen LogP contribution in [0, 0.1) is 12.8 Å². The summed E-state index contributed by atoms with van der Waals surface area (Å²) in [7, 11) is 0. The summed E-state index contributed by atoms with van der Waals surface area (Å²) >= 11 is 0. The third kappa shape index (κ3) is 3.82. The number of morpholine rings is 1. The quantitative estimate of drug-likeness (QED) is 0.713. The third-order valence-electron chi connectivity index (χ3n) is 6.07. The smallest absolute Gasteiger partial charge is 0.227 e. The molecule has 2 aromatic heterocycles. The lowest BCUT2D eigenvalue weighted by Gasteiger charge is -2.28. The van der Waals surface area contributed by atoms with E-state index in [1.54, 1.807) is 0 Å². The Morgan fingerprint density at radius 3 is 2.77 bits per heavy atom. The lowest BCUT2D eigenvalue weighted by atomic mass is 9.94. The number of aromatic nitrogens is 3. The van der Waals surface area contributed by atoms with Gasteiger partial charge in [-0.3, -0.25) is 4.98 Å². The largest absolute Gasteiger partial charge is 0.391 e. The normalized spacial score (nSPS) is 22.1. The van der Waals surface area contributed by atoms with Crippen LogP contribution in [-0.2, 0) is 11.2 Å². The summed E-state index contributed by atoms with van der Waals surface area (Å²) in [6.07, 6.45) is 2.29. The molecule has 0 spiro atoms. The molecule has 2 atom stereocenters. The maximum absolute atomic E-state index is 10.8. The minimum atomic E-state index is -0.390. The van der Waals surface area contributed by atoms with Gasteiger partial charge >= 0.3 is 0 Å². The molecule has 3 aromatic rings. The molecule has 2 unspecified atom stereocenters. The summed E-state index contributed by atoms with van der Waals surface area (Å²) in [5.74, 6) is 1.80. The molecule has 0 amide bonds. The Balaban J connectivity index is 1.36. The zero-order valence-electron chi connectivity index (χ0n) is 17.2. The zero-order valence-corrected chi connectivity index (χ0v) is 17.2. The van der Waals surface area contributed by atoms with Gasteiger partial charge in [0.1, 0.15) is 5.82 Å². The van der Waals surface area contributed by atoms with Crippen LogP contribution in [-0.4, -0.2) is 65.6 Å². The first-order valence-corrected chi connectivity index (χ1v) is 10.6. The van der Waals surface area contributed by atoms with Gasteiger partial charge in [0.2, 0.25) is 5.95 Å². The fraction of sp³-hybridized carbons (Fsp3) is 0.435. The van der Waals surface area contributed by atoms with E-state index in [0.717, 1.165) is 54.4 Å². The summed E-state index contributed by atoms with van der Waals surface area (Å²) in [4.78, 5) is 18.3. The van der Waals surface area contributed by atoms with E-state index >= 15 is 0 Å². The molecule has 7 heteroatoms. The Bertz CT molecular complexity index is 1030. The monoisotopic (exact) mass is 405 g/mol. The Hall–Kier alpha value is -2.77. The summed E-state index contributed by atoms with van der Waals surface area (Å²) in [6, 6.07) is 12.3. The number of aliphatic hydroxyl groups is 1. The molecule has 0 aliphatic carbocycles. The second-order valence-electron chi connectivity index (χ2n) is 8.19. The molecule has 1 aromatic carbocycles. The number of nitrogens with zero attached hydrogens (tertiary/aromatic N) is 5. The minimum Gasteiger partial charge on any atom is -0.391 e. The van der Waals surface area contributed by atoms with Crippen molar-refractivity contribution in [2.75, 3.05) is 49.2 Å². The molecule has 0 saturated carbocycles. The van der Waals surface area contributed by atoms with E-state index in [2.05, 4.69) is 31.9 Å². The fourth-order valence-corrected chi connectivity index (χ4v) is 4.46. The van der Waals surface area contributed by atoms with Crippen molar-refractivity contribution in [3.05, 3.63) is 53.9 Å². The van der Waals surface area contributed by atoms with Gasteiger partial charge in [-0.15, -0.1) is 0 Å². The number of fused-ring (bicyclic) bond motifs is 1. The lowest BCUT2D eigenvalue weighted by molar-refractivity contribution is 0.122. The molecule has 0 bridgehead atoms. The predicted molar refractivity (Wildman–Crippen MR) is 117 cm³/mol. The average molecular weight is 406 g/mol. The van der Waals surface area contributed by atoms with Crippen LogP contribution in [0.1, 0.15) is 11.3 Å². The summed E-state index contributed by atoms with van der Waals surface area (Å²) in [6.45, 7) is 6.40. The van der Waals surface area contributed by atoms with Crippen LogP contribution in [0.3, 0.4) is 0 Å². The summed E-state index contributed by atoms with van der Waals surface area (Å²) in [5, 5.41) is 12.0. The Kier molecular flexibility index (Phi) is 5.23. The first-order chi connectivity index (χ1) is 14.7. The highest BCUT2D eigenvalue weighted by Gasteiger charge is 2.33. The van der Waals surface area contributed by atoms with Gasteiger partial charge in [0.05, 0.1) is 24.8 Å². The topological polar surface area (TPSA) is 74.6 Å². The lowest BCUT2D eigenvalue weighted by Crippen LogP contribution is -2.37. The molecule has 2 fully saturated rings. The molecular weight excluding hydrogens is 378 g/mol. The standard InChI is InChI=1S/C23H27N5O2/c1-16-12-22(26-23(25-16)27-8-10-30-11-9-27)28-14-18(21(29)15-28)13-17-6-7-24-20-5-3-2-4-19(17)20/h2-7,12,18,21,29H,8-11,13-15H2,1H3. The molecule has 5 rings (SSSR count). The number of β-amino-alcohol motifs (C(OH)–C–C–N with tert-alkyl or cyclic N) is 1. The number of aliphatic hydroxyl groups excluding tert-OH is 1. The van der Waals surface area contributed by atoms with Crippen molar-refractivity contribution in [3.63, 3.8) is 0 Å². The van der Waals surface area contributed by atoms with Crippen LogP contribution in [0.25, 0.3) is 10.9 Å². The Morgan fingerprint density at radius 1 is 1.07 bits per heavy atom.